The predicted octanol–water partition coefficient (Wildman–Crippen LogP) is 4.30. The molecule has 2 N–H and O–H groups in total. The number of fused-ring (bicyclic) bond motifs is 1. The van der Waals surface area contributed by atoms with Crippen molar-refractivity contribution in [2.75, 3.05) is 13.7 Å². The summed E-state index contributed by atoms with van der Waals surface area (Å²) in [5, 5.41) is 4.07. The molecule has 4 atom stereocenters. The zero-order valence-corrected chi connectivity index (χ0v) is 24.5. The number of carbonyl (C=O) groups excluding carboxylic acids is 1. The van der Waals surface area contributed by atoms with Gasteiger partial charge in [-0.05, 0) is 37.5 Å². The van der Waals surface area contributed by atoms with Crippen LogP contribution in [0.15, 0.2) is 88.6 Å². The molecule has 1 saturated heterocycles. The van der Waals surface area contributed by atoms with Gasteiger partial charge in [0.2, 0.25) is 0 Å². The first-order valence-corrected chi connectivity index (χ1v) is 15.2. The smallest absolute Gasteiger partial charge is 0.459 e. The van der Waals surface area contributed by atoms with E-state index >= 15 is 0 Å². The molecule has 1 aliphatic rings. The van der Waals surface area contributed by atoms with Gasteiger partial charge in [0.15, 0.2) is 0 Å². The van der Waals surface area contributed by atoms with Gasteiger partial charge in [-0.25, -0.2) is 9.36 Å². The van der Waals surface area contributed by atoms with Crippen LogP contribution in [-0.4, -0.2) is 41.4 Å². The third-order valence-corrected chi connectivity index (χ3v) is 8.52. The predicted molar refractivity (Wildman–Crippen MR) is 158 cm³/mol. The molecule has 43 heavy (non-hydrogen) atoms. The van der Waals surface area contributed by atoms with Crippen LogP contribution in [0.4, 0.5) is 0 Å². The Kier molecular flexibility index (Phi) is 9.42. The van der Waals surface area contributed by atoms with Crippen LogP contribution >= 0.6 is 7.75 Å². The average molecular weight is 610 g/mol. The van der Waals surface area contributed by atoms with Crippen molar-refractivity contribution in [2.24, 2.45) is 0 Å². The van der Waals surface area contributed by atoms with Gasteiger partial charge >= 0.3 is 19.4 Å². The Morgan fingerprint density at radius 2 is 1.72 bits per heavy atom. The molecule has 1 aliphatic heterocycles. The Morgan fingerprint density at radius 3 is 2.44 bits per heavy atom. The molecule has 1 unspecified atom stereocenters. The van der Waals surface area contributed by atoms with E-state index in [2.05, 4.69) is 10.1 Å². The van der Waals surface area contributed by atoms with Crippen molar-refractivity contribution >= 4 is 24.5 Å². The molecular weight excluding hydrogens is 577 g/mol. The molecule has 0 amide bonds. The summed E-state index contributed by atoms with van der Waals surface area (Å²) < 4.78 is 44.2. The summed E-state index contributed by atoms with van der Waals surface area (Å²) in [4.78, 5) is 38.7. The molecule has 2 heterocycles. The van der Waals surface area contributed by atoms with Crippen molar-refractivity contribution in [3.8, 4) is 11.5 Å². The molecule has 0 radical (unpaired) electrons. The van der Waals surface area contributed by atoms with E-state index < -0.39 is 43.3 Å². The minimum Gasteiger partial charge on any atom is -0.496 e. The molecule has 0 aliphatic carbocycles. The maximum Gasteiger partial charge on any atom is 0.459 e. The lowest BCUT2D eigenvalue weighted by Gasteiger charge is -2.25. The maximum absolute atomic E-state index is 14.2. The van der Waals surface area contributed by atoms with Gasteiger partial charge in [-0.3, -0.25) is 23.7 Å². The summed E-state index contributed by atoms with van der Waals surface area (Å²) in [6.07, 6.45) is 1.13. The number of methoxy groups -OCH3 is 1. The first kappa shape index (κ1) is 30.2. The molecule has 0 saturated carbocycles. The minimum atomic E-state index is -4.22. The highest BCUT2D eigenvalue weighted by Crippen LogP contribution is 2.48. The lowest BCUT2D eigenvalue weighted by Crippen LogP contribution is -2.35. The number of benzene rings is 3. The SMILES string of the molecule is COc1ccc(OP(=O)(N[C@@H](C)C(=O)OCc2ccccc2)OC[C@@H]2CC[C@H](n3ccc(=O)[nH]c3=O)O2)c2ccccc12. The van der Waals surface area contributed by atoms with Crippen molar-refractivity contribution in [2.45, 2.75) is 44.7 Å². The number of carbonyl (C=O) groups is 1. The second kappa shape index (κ2) is 13.4. The molecule has 13 heteroatoms. The van der Waals surface area contributed by atoms with Crippen molar-refractivity contribution < 1.29 is 32.6 Å². The zero-order chi connectivity index (χ0) is 30.4. The van der Waals surface area contributed by atoms with E-state index in [0.717, 1.165) is 10.9 Å². The van der Waals surface area contributed by atoms with E-state index in [4.69, 9.17) is 23.3 Å². The molecule has 1 aromatic heterocycles. The Morgan fingerprint density at radius 1 is 1.02 bits per heavy atom. The molecule has 1 fully saturated rings. The molecule has 226 valence electrons. The van der Waals surface area contributed by atoms with E-state index in [-0.39, 0.29) is 19.0 Å². The van der Waals surface area contributed by atoms with Crippen molar-refractivity contribution in [3.05, 3.63) is 105 Å². The van der Waals surface area contributed by atoms with E-state index in [1.165, 1.54) is 23.8 Å². The second-order valence-electron chi connectivity index (χ2n) is 9.95. The molecule has 3 aromatic carbocycles. The number of aromatic amines is 1. The normalized spacial score (nSPS) is 18.6. The van der Waals surface area contributed by atoms with Crippen LogP contribution in [0.1, 0.15) is 31.6 Å². The molecule has 12 nitrogen and oxygen atoms in total. The molecule has 5 rings (SSSR count). The van der Waals surface area contributed by atoms with E-state index in [1.807, 2.05) is 48.5 Å². The van der Waals surface area contributed by atoms with Crippen LogP contribution in [0.25, 0.3) is 10.8 Å². The fourth-order valence-corrected chi connectivity index (χ4v) is 6.25. The zero-order valence-electron chi connectivity index (χ0n) is 23.6. The first-order valence-electron chi connectivity index (χ1n) is 13.7. The highest BCUT2D eigenvalue weighted by atomic mass is 31.2. The summed E-state index contributed by atoms with van der Waals surface area (Å²) in [5.74, 6) is 0.208. The van der Waals surface area contributed by atoms with E-state index in [0.29, 0.717) is 24.0 Å². The van der Waals surface area contributed by atoms with Crippen LogP contribution in [0.3, 0.4) is 0 Å². The van der Waals surface area contributed by atoms with Crippen molar-refractivity contribution in [1.82, 2.24) is 14.6 Å². The molecular formula is C30H32N3O9P. The van der Waals surface area contributed by atoms with Gasteiger partial charge < -0.3 is 18.7 Å². The fraction of sp³-hybridized carbons (Fsp3) is 0.300. The third-order valence-electron chi connectivity index (χ3n) is 6.89. The standard InChI is InChI=1S/C30H32N3O9P/c1-20(29(35)39-18-21-8-4-3-5-9-21)32-43(37,42-26-14-13-25(38-2)23-10-6-7-11-24(23)26)40-19-22-12-15-28(41-22)33-17-16-27(34)31-30(33)36/h3-11,13-14,16-17,20,22,28H,12,15,18-19H2,1-2H3,(H,32,37)(H,31,34,36)/t20-,22-,28+,43?/m0/s1. The Bertz CT molecular complexity index is 1740. The average Bonchev–Trinajstić information content (AvgIpc) is 3.48. The number of ether oxygens (including phenoxy) is 3. The highest BCUT2D eigenvalue weighted by molar-refractivity contribution is 7.52. The Hall–Kier alpha value is -4.22. The number of nitrogens with zero attached hydrogens (tertiary/aromatic N) is 1. The van der Waals surface area contributed by atoms with Crippen molar-refractivity contribution in [3.63, 3.8) is 0 Å². The molecule has 0 bridgehead atoms. The van der Waals surface area contributed by atoms with Gasteiger partial charge in [0, 0.05) is 23.0 Å². The Labute approximate surface area is 247 Å². The number of hydrogen-bond donors (Lipinski definition) is 2. The second-order valence-corrected chi connectivity index (χ2v) is 11.6. The number of esters is 1. The quantitative estimate of drug-likeness (QED) is 0.176. The van der Waals surface area contributed by atoms with Crippen LogP contribution in [0.2, 0.25) is 0 Å². The van der Waals surface area contributed by atoms with Crippen LogP contribution in [0, 0.1) is 0 Å². The van der Waals surface area contributed by atoms with Gasteiger partial charge in [0.1, 0.15) is 30.4 Å². The van der Waals surface area contributed by atoms with Crippen LogP contribution in [0.5, 0.6) is 11.5 Å². The van der Waals surface area contributed by atoms with Crippen LogP contribution < -0.4 is 25.6 Å². The summed E-state index contributed by atoms with van der Waals surface area (Å²) in [5.41, 5.74) is -0.298. The minimum absolute atomic E-state index is 0.0439. The van der Waals surface area contributed by atoms with E-state index in [1.54, 1.807) is 25.3 Å². The topological polar surface area (TPSA) is 147 Å². The summed E-state index contributed by atoms with van der Waals surface area (Å²) >= 11 is 0. The summed E-state index contributed by atoms with van der Waals surface area (Å²) in [6, 6.07) is 19.9. The van der Waals surface area contributed by atoms with Gasteiger partial charge in [-0.1, -0.05) is 54.6 Å². The fourth-order valence-electron chi connectivity index (χ4n) is 4.71. The number of hydrogen-bond acceptors (Lipinski definition) is 9. The van der Waals surface area contributed by atoms with Gasteiger partial charge in [-0.15, -0.1) is 0 Å². The van der Waals surface area contributed by atoms with Gasteiger partial charge in [-0.2, -0.15) is 5.09 Å². The largest absolute Gasteiger partial charge is 0.496 e. The third kappa shape index (κ3) is 7.41. The summed E-state index contributed by atoms with van der Waals surface area (Å²) in [7, 11) is -2.67. The van der Waals surface area contributed by atoms with Crippen molar-refractivity contribution in [1.29, 1.82) is 0 Å². The van der Waals surface area contributed by atoms with Crippen LogP contribution in [-0.2, 0) is 30.0 Å². The maximum atomic E-state index is 14.2. The summed E-state index contributed by atoms with van der Waals surface area (Å²) in [6.45, 7) is 1.38. The number of rotatable bonds is 12. The van der Waals surface area contributed by atoms with Gasteiger partial charge in [0.25, 0.3) is 5.56 Å². The lowest BCUT2D eigenvalue weighted by atomic mass is 10.1. The highest BCUT2D eigenvalue weighted by Gasteiger charge is 2.36. The number of aromatic nitrogens is 2. The number of H-pyrrole nitrogens is 1. The molecule has 4 aromatic rings. The lowest BCUT2D eigenvalue weighted by molar-refractivity contribution is -0.146. The number of nitrogens with one attached hydrogen (secondary N) is 2. The van der Waals surface area contributed by atoms with E-state index in [9.17, 15) is 18.9 Å². The monoisotopic (exact) mass is 609 g/mol. The molecule has 0 spiro atoms. The van der Waals surface area contributed by atoms with Gasteiger partial charge in [0.05, 0.1) is 19.8 Å². The Balaban J connectivity index is 1.33. The first-order chi connectivity index (χ1) is 20.7.